The Morgan fingerprint density at radius 2 is 2.50 bits per heavy atom. The molecule has 74 valence electrons. The second-order valence-corrected chi connectivity index (χ2v) is 3.25. The van der Waals surface area contributed by atoms with Crippen LogP contribution in [0, 0.1) is 0 Å². The van der Waals surface area contributed by atoms with E-state index >= 15 is 0 Å². The van der Waals surface area contributed by atoms with Gasteiger partial charge in [0.25, 0.3) is 5.91 Å². The molecule has 1 aliphatic heterocycles. The predicted octanol–water partition coefficient (Wildman–Crippen LogP) is -0.432. The van der Waals surface area contributed by atoms with Gasteiger partial charge in [-0.3, -0.25) is 9.78 Å². The van der Waals surface area contributed by atoms with E-state index in [2.05, 4.69) is 20.6 Å². The molecule has 1 aromatic heterocycles. The third-order valence-corrected chi connectivity index (χ3v) is 2.19. The first kappa shape index (κ1) is 9.08. The number of carbonyl (C=O) groups excluding carboxylic acids is 1. The van der Waals surface area contributed by atoms with Gasteiger partial charge in [0, 0.05) is 25.0 Å². The zero-order chi connectivity index (χ0) is 9.80. The monoisotopic (exact) mass is 192 g/mol. The first-order valence-corrected chi connectivity index (χ1v) is 4.64. The van der Waals surface area contributed by atoms with Crippen molar-refractivity contribution in [1.82, 2.24) is 20.6 Å². The van der Waals surface area contributed by atoms with E-state index in [1.54, 1.807) is 6.20 Å². The van der Waals surface area contributed by atoms with Crippen LogP contribution in [0.25, 0.3) is 0 Å². The van der Waals surface area contributed by atoms with E-state index in [9.17, 15) is 4.79 Å². The fourth-order valence-electron chi connectivity index (χ4n) is 1.45. The number of hydrogen-bond donors (Lipinski definition) is 2. The summed E-state index contributed by atoms with van der Waals surface area (Å²) in [4.78, 5) is 19.3. The molecule has 2 rings (SSSR count). The number of hydrogen-bond acceptors (Lipinski definition) is 4. The molecule has 0 unspecified atom stereocenters. The zero-order valence-electron chi connectivity index (χ0n) is 7.73. The quantitative estimate of drug-likeness (QED) is 0.667. The lowest BCUT2D eigenvalue weighted by Crippen LogP contribution is -2.36. The predicted molar refractivity (Wildman–Crippen MR) is 50.8 cm³/mol. The lowest BCUT2D eigenvalue weighted by atomic mass is 10.2. The Labute approximate surface area is 82.0 Å². The fraction of sp³-hybridized carbons (Fsp3) is 0.444. The summed E-state index contributed by atoms with van der Waals surface area (Å²) < 4.78 is 0. The molecule has 0 aliphatic carbocycles. The highest BCUT2D eigenvalue weighted by Crippen LogP contribution is 1.99. The minimum absolute atomic E-state index is 0.146. The summed E-state index contributed by atoms with van der Waals surface area (Å²) >= 11 is 0. The van der Waals surface area contributed by atoms with Gasteiger partial charge in [0.15, 0.2) is 0 Å². The minimum Gasteiger partial charge on any atom is -0.347 e. The van der Waals surface area contributed by atoms with E-state index in [4.69, 9.17) is 0 Å². The number of nitrogens with zero attached hydrogens (tertiary/aromatic N) is 2. The highest BCUT2D eigenvalue weighted by molar-refractivity contribution is 5.92. The van der Waals surface area contributed by atoms with E-state index in [1.165, 1.54) is 12.4 Å². The maximum Gasteiger partial charge on any atom is 0.271 e. The second-order valence-electron chi connectivity index (χ2n) is 3.25. The van der Waals surface area contributed by atoms with Crippen LogP contribution < -0.4 is 10.6 Å². The number of rotatable bonds is 2. The molecule has 0 saturated carbocycles. The molecule has 0 radical (unpaired) electrons. The highest BCUT2D eigenvalue weighted by Gasteiger charge is 2.17. The Morgan fingerprint density at radius 1 is 1.57 bits per heavy atom. The summed E-state index contributed by atoms with van der Waals surface area (Å²) in [7, 11) is 0. The van der Waals surface area contributed by atoms with Crippen molar-refractivity contribution in [2.75, 3.05) is 13.1 Å². The summed E-state index contributed by atoms with van der Waals surface area (Å²) in [6, 6.07) is 0.226. The van der Waals surface area contributed by atoms with Crippen LogP contribution in [0.4, 0.5) is 0 Å². The summed E-state index contributed by atoms with van der Waals surface area (Å²) in [6.07, 6.45) is 5.51. The summed E-state index contributed by atoms with van der Waals surface area (Å²) in [5.74, 6) is -0.146. The van der Waals surface area contributed by atoms with Gasteiger partial charge in [0.05, 0.1) is 6.20 Å². The largest absolute Gasteiger partial charge is 0.347 e. The molecule has 0 aromatic carbocycles. The van der Waals surface area contributed by atoms with Crippen LogP contribution in [-0.4, -0.2) is 35.0 Å². The lowest BCUT2D eigenvalue weighted by Gasteiger charge is -2.09. The fourth-order valence-corrected chi connectivity index (χ4v) is 1.45. The molecule has 1 saturated heterocycles. The van der Waals surface area contributed by atoms with Crippen molar-refractivity contribution in [2.45, 2.75) is 12.5 Å². The van der Waals surface area contributed by atoms with E-state index in [-0.39, 0.29) is 11.9 Å². The van der Waals surface area contributed by atoms with Crippen molar-refractivity contribution in [2.24, 2.45) is 0 Å². The summed E-state index contributed by atoms with van der Waals surface area (Å²) in [6.45, 7) is 1.80. The van der Waals surface area contributed by atoms with Gasteiger partial charge in [-0.25, -0.2) is 4.98 Å². The van der Waals surface area contributed by atoms with Crippen molar-refractivity contribution >= 4 is 5.91 Å². The SMILES string of the molecule is O=C(N[C@@H]1CCNC1)c1cnccn1. The maximum absolute atomic E-state index is 11.6. The Kier molecular flexibility index (Phi) is 2.69. The first-order chi connectivity index (χ1) is 6.86. The third kappa shape index (κ3) is 2.05. The molecule has 1 atom stereocenters. The molecule has 5 nitrogen and oxygen atoms in total. The Bertz CT molecular complexity index is 308. The van der Waals surface area contributed by atoms with Gasteiger partial charge in [-0.1, -0.05) is 0 Å². The van der Waals surface area contributed by atoms with Crippen LogP contribution in [0.3, 0.4) is 0 Å². The van der Waals surface area contributed by atoms with Crippen molar-refractivity contribution in [1.29, 1.82) is 0 Å². The van der Waals surface area contributed by atoms with E-state index in [1.807, 2.05) is 0 Å². The molecule has 14 heavy (non-hydrogen) atoms. The van der Waals surface area contributed by atoms with E-state index in [0.717, 1.165) is 19.5 Å². The Hall–Kier alpha value is -1.49. The van der Waals surface area contributed by atoms with Gasteiger partial charge in [-0.2, -0.15) is 0 Å². The molecular weight excluding hydrogens is 180 g/mol. The molecule has 1 amide bonds. The van der Waals surface area contributed by atoms with Crippen molar-refractivity contribution in [3.05, 3.63) is 24.3 Å². The Morgan fingerprint density at radius 3 is 3.14 bits per heavy atom. The maximum atomic E-state index is 11.6. The molecular formula is C9H12N4O. The molecule has 0 spiro atoms. The molecule has 2 N–H and O–H groups in total. The van der Waals surface area contributed by atoms with Crippen LogP contribution in [0.2, 0.25) is 0 Å². The van der Waals surface area contributed by atoms with Crippen LogP contribution in [-0.2, 0) is 0 Å². The number of carbonyl (C=O) groups is 1. The number of amides is 1. The van der Waals surface area contributed by atoms with Crippen molar-refractivity contribution in [3.8, 4) is 0 Å². The van der Waals surface area contributed by atoms with Crippen molar-refractivity contribution < 1.29 is 4.79 Å². The average molecular weight is 192 g/mol. The van der Waals surface area contributed by atoms with Gasteiger partial charge in [-0.15, -0.1) is 0 Å². The molecule has 1 fully saturated rings. The zero-order valence-corrected chi connectivity index (χ0v) is 7.73. The van der Waals surface area contributed by atoms with Gasteiger partial charge in [0.1, 0.15) is 5.69 Å². The summed E-state index contributed by atoms with van der Waals surface area (Å²) in [5.41, 5.74) is 0.374. The highest BCUT2D eigenvalue weighted by atomic mass is 16.1. The van der Waals surface area contributed by atoms with Gasteiger partial charge < -0.3 is 10.6 Å². The van der Waals surface area contributed by atoms with Gasteiger partial charge >= 0.3 is 0 Å². The van der Waals surface area contributed by atoms with Crippen molar-refractivity contribution in [3.63, 3.8) is 0 Å². The smallest absolute Gasteiger partial charge is 0.271 e. The van der Waals surface area contributed by atoms with E-state index in [0.29, 0.717) is 5.69 Å². The van der Waals surface area contributed by atoms with E-state index < -0.39 is 0 Å². The minimum atomic E-state index is -0.146. The summed E-state index contributed by atoms with van der Waals surface area (Å²) in [5, 5.41) is 6.07. The second kappa shape index (κ2) is 4.15. The number of aromatic nitrogens is 2. The normalized spacial score (nSPS) is 20.7. The van der Waals surface area contributed by atoms with Gasteiger partial charge in [0.2, 0.25) is 0 Å². The van der Waals surface area contributed by atoms with Gasteiger partial charge in [-0.05, 0) is 13.0 Å². The topological polar surface area (TPSA) is 66.9 Å². The molecule has 2 heterocycles. The third-order valence-electron chi connectivity index (χ3n) is 2.19. The average Bonchev–Trinajstić information content (AvgIpc) is 2.72. The molecule has 5 heteroatoms. The first-order valence-electron chi connectivity index (χ1n) is 4.64. The van der Waals surface area contributed by atoms with Crippen LogP contribution in [0.5, 0.6) is 0 Å². The molecule has 1 aromatic rings. The number of nitrogens with one attached hydrogen (secondary N) is 2. The van der Waals surface area contributed by atoms with Crippen LogP contribution in [0.1, 0.15) is 16.9 Å². The lowest BCUT2D eigenvalue weighted by molar-refractivity contribution is 0.0934. The molecule has 0 bridgehead atoms. The van der Waals surface area contributed by atoms with Crippen LogP contribution >= 0.6 is 0 Å². The van der Waals surface area contributed by atoms with Crippen LogP contribution in [0.15, 0.2) is 18.6 Å². The Balaban J connectivity index is 1.95. The standard InChI is InChI=1S/C9H12N4O/c14-9(8-6-11-3-4-12-8)13-7-1-2-10-5-7/h3-4,6-7,10H,1-2,5H2,(H,13,14)/t7-/m1/s1. The molecule has 1 aliphatic rings.